The summed E-state index contributed by atoms with van der Waals surface area (Å²) in [6.45, 7) is 4.11. The smallest absolute Gasteiger partial charge is 0.229 e. The highest BCUT2D eigenvalue weighted by Gasteiger charge is 2.28. The fraction of sp³-hybridized carbons (Fsp3) is 0.444. The molecule has 2 rings (SSSR count). The molecule has 2 atom stereocenters. The number of primary amides is 1. The van der Waals surface area contributed by atoms with Crippen molar-refractivity contribution in [3.05, 3.63) is 42.5 Å². The van der Waals surface area contributed by atoms with Crippen molar-refractivity contribution in [2.75, 3.05) is 6.61 Å². The predicted octanol–water partition coefficient (Wildman–Crippen LogP) is 2.27. The lowest BCUT2D eigenvalue weighted by Gasteiger charge is -2.32. The average molecular weight is 316 g/mol. The van der Waals surface area contributed by atoms with Crippen molar-refractivity contribution >= 4 is 11.8 Å². The van der Waals surface area contributed by atoms with E-state index in [1.807, 2.05) is 24.3 Å². The lowest BCUT2D eigenvalue weighted by molar-refractivity contribution is -0.128. The second-order valence-corrected chi connectivity index (χ2v) is 5.88. The van der Waals surface area contributed by atoms with Crippen molar-refractivity contribution in [3.63, 3.8) is 0 Å². The number of amides is 2. The Kier molecular flexibility index (Phi) is 6.20. The van der Waals surface area contributed by atoms with Crippen molar-refractivity contribution < 1.29 is 14.3 Å². The second-order valence-electron chi connectivity index (χ2n) is 5.88. The minimum atomic E-state index is -0.599. The van der Waals surface area contributed by atoms with E-state index in [0.29, 0.717) is 6.61 Å². The first-order valence-electron chi connectivity index (χ1n) is 8.01. The van der Waals surface area contributed by atoms with E-state index in [-0.39, 0.29) is 24.3 Å². The van der Waals surface area contributed by atoms with Crippen LogP contribution in [0.25, 0.3) is 0 Å². The van der Waals surface area contributed by atoms with E-state index < -0.39 is 5.91 Å². The Balaban J connectivity index is 2.03. The Hall–Kier alpha value is -2.30. The summed E-state index contributed by atoms with van der Waals surface area (Å²) in [6.07, 6.45) is 5.62. The number of carbonyl (C=O) groups is 2. The molecule has 124 valence electrons. The number of hydrogen-bond acceptors (Lipinski definition) is 3. The molecule has 1 aromatic carbocycles. The van der Waals surface area contributed by atoms with Crippen LogP contribution in [-0.4, -0.2) is 24.5 Å². The van der Waals surface area contributed by atoms with Crippen LogP contribution in [0.3, 0.4) is 0 Å². The molecule has 0 bridgehead atoms. The summed E-state index contributed by atoms with van der Waals surface area (Å²) in [5, 5.41) is 2.96. The van der Waals surface area contributed by atoms with Gasteiger partial charge in [0.15, 0.2) is 0 Å². The van der Waals surface area contributed by atoms with Gasteiger partial charge in [-0.15, -0.1) is 0 Å². The summed E-state index contributed by atoms with van der Waals surface area (Å²) >= 11 is 0. The van der Waals surface area contributed by atoms with E-state index >= 15 is 0 Å². The van der Waals surface area contributed by atoms with Crippen LogP contribution in [0.5, 0.6) is 5.75 Å². The van der Waals surface area contributed by atoms with Crippen LogP contribution < -0.4 is 15.8 Å². The first-order chi connectivity index (χ1) is 11.1. The predicted molar refractivity (Wildman–Crippen MR) is 89.1 cm³/mol. The lowest BCUT2D eigenvalue weighted by atomic mass is 9.80. The third-order valence-electron chi connectivity index (χ3n) is 4.12. The maximum Gasteiger partial charge on any atom is 0.229 e. The average Bonchev–Trinajstić information content (AvgIpc) is 2.53. The molecule has 1 aromatic rings. The maximum atomic E-state index is 11.8. The Labute approximate surface area is 136 Å². The number of nitrogens with two attached hydrogens (primary N) is 1. The third-order valence-corrected chi connectivity index (χ3v) is 4.12. The Bertz CT molecular complexity index is 554. The highest BCUT2D eigenvalue weighted by molar-refractivity contribution is 5.96. The van der Waals surface area contributed by atoms with Gasteiger partial charge in [-0.2, -0.15) is 0 Å². The quantitative estimate of drug-likeness (QED) is 0.598. The molecule has 1 aliphatic carbocycles. The normalized spacial score (nSPS) is 20.5. The van der Waals surface area contributed by atoms with Gasteiger partial charge in [-0.25, -0.2) is 0 Å². The molecule has 2 unspecified atom stereocenters. The highest BCUT2D eigenvalue weighted by atomic mass is 16.5. The fourth-order valence-electron chi connectivity index (χ4n) is 3.09. The van der Waals surface area contributed by atoms with E-state index in [4.69, 9.17) is 10.5 Å². The molecular weight excluding hydrogens is 292 g/mol. The van der Waals surface area contributed by atoms with Crippen molar-refractivity contribution in [3.8, 4) is 5.75 Å². The van der Waals surface area contributed by atoms with E-state index in [1.54, 1.807) is 6.08 Å². The Morgan fingerprint density at radius 3 is 2.61 bits per heavy atom. The van der Waals surface area contributed by atoms with Gasteiger partial charge < -0.3 is 15.8 Å². The lowest BCUT2D eigenvalue weighted by Crippen LogP contribution is -2.42. The maximum absolute atomic E-state index is 11.8. The number of ether oxygens (including phenoxy) is 1. The molecule has 1 aliphatic rings. The summed E-state index contributed by atoms with van der Waals surface area (Å²) in [5.41, 5.74) is 6.26. The van der Waals surface area contributed by atoms with E-state index in [9.17, 15) is 9.59 Å². The van der Waals surface area contributed by atoms with Gasteiger partial charge in [0.1, 0.15) is 18.8 Å². The molecule has 2 amide bonds. The molecule has 5 heteroatoms. The molecule has 0 aliphatic heterocycles. The second kappa shape index (κ2) is 8.36. The number of benzene rings is 1. The number of carbonyl (C=O) groups excluding carboxylic acids is 2. The van der Waals surface area contributed by atoms with Crippen LogP contribution >= 0.6 is 0 Å². The molecule has 0 saturated heterocycles. The molecule has 0 radical (unpaired) electrons. The minimum Gasteiger partial charge on any atom is -0.490 e. The largest absolute Gasteiger partial charge is 0.490 e. The van der Waals surface area contributed by atoms with Gasteiger partial charge in [-0.3, -0.25) is 9.59 Å². The molecule has 23 heavy (non-hydrogen) atoms. The number of rotatable bonds is 7. The molecular formula is C18H24N2O3. The molecule has 1 fully saturated rings. The van der Waals surface area contributed by atoms with Crippen molar-refractivity contribution in [1.82, 2.24) is 5.32 Å². The minimum absolute atomic E-state index is 0.0514. The zero-order valence-corrected chi connectivity index (χ0v) is 13.3. The standard InChI is InChI=1S/C18H24N2O3/c1-2-11-23-14-9-7-13(8-10-14)15-5-3-4-6-16(15)20-18(22)12-17(19)21/h2,7-10,15-16H,1,3-6,11-12H2,(H2,19,21)(H,20,22). The summed E-state index contributed by atoms with van der Waals surface area (Å²) in [5.74, 6) is 0.173. The molecule has 1 saturated carbocycles. The van der Waals surface area contributed by atoms with Crippen molar-refractivity contribution in [2.45, 2.75) is 44.1 Å². The summed E-state index contributed by atoms with van der Waals surface area (Å²) in [6, 6.07) is 8.02. The van der Waals surface area contributed by atoms with Crippen LogP contribution in [0.2, 0.25) is 0 Å². The highest BCUT2D eigenvalue weighted by Crippen LogP contribution is 2.34. The van der Waals surface area contributed by atoms with Gasteiger partial charge in [0.2, 0.25) is 11.8 Å². The van der Waals surface area contributed by atoms with Gasteiger partial charge in [0, 0.05) is 12.0 Å². The summed E-state index contributed by atoms with van der Waals surface area (Å²) in [4.78, 5) is 22.7. The monoisotopic (exact) mass is 316 g/mol. The summed E-state index contributed by atoms with van der Waals surface area (Å²) < 4.78 is 5.49. The number of nitrogens with one attached hydrogen (secondary N) is 1. The van der Waals surface area contributed by atoms with Gasteiger partial charge in [0.25, 0.3) is 0 Å². The van der Waals surface area contributed by atoms with Crippen molar-refractivity contribution in [2.24, 2.45) is 5.73 Å². The zero-order chi connectivity index (χ0) is 16.7. The van der Waals surface area contributed by atoms with Crippen LogP contribution in [0.1, 0.15) is 43.6 Å². The van der Waals surface area contributed by atoms with Gasteiger partial charge in [-0.05, 0) is 30.5 Å². The fourth-order valence-corrected chi connectivity index (χ4v) is 3.09. The number of hydrogen-bond donors (Lipinski definition) is 2. The van der Waals surface area contributed by atoms with Crippen LogP contribution in [-0.2, 0) is 9.59 Å². The van der Waals surface area contributed by atoms with E-state index in [2.05, 4.69) is 11.9 Å². The first kappa shape index (κ1) is 17.1. The van der Waals surface area contributed by atoms with E-state index in [1.165, 1.54) is 5.56 Å². The molecule has 3 N–H and O–H groups in total. The molecule has 5 nitrogen and oxygen atoms in total. The topological polar surface area (TPSA) is 81.4 Å². The Morgan fingerprint density at radius 1 is 1.26 bits per heavy atom. The SMILES string of the molecule is C=CCOc1ccc(C2CCCCC2NC(=O)CC(N)=O)cc1. The Morgan fingerprint density at radius 2 is 1.96 bits per heavy atom. The van der Waals surface area contributed by atoms with Crippen LogP contribution in [0, 0.1) is 0 Å². The van der Waals surface area contributed by atoms with Crippen molar-refractivity contribution in [1.29, 1.82) is 0 Å². The van der Waals surface area contributed by atoms with Crippen LogP contribution in [0.4, 0.5) is 0 Å². The van der Waals surface area contributed by atoms with E-state index in [0.717, 1.165) is 31.4 Å². The third kappa shape index (κ3) is 5.13. The van der Waals surface area contributed by atoms with Gasteiger partial charge in [-0.1, -0.05) is 37.6 Å². The van der Waals surface area contributed by atoms with Gasteiger partial charge >= 0.3 is 0 Å². The van der Waals surface area contributed by atoms with Crippen LogP contribution in [0.15, 0.2) is 36.9 Å². The molecule has 0 aromatic heterocycles. The summed E-state index contributed by atoms with van der Waals surface area (Å²) in [7, 11) is 0. The van der Waals surface area contributed by atoms with Gasteiger partial charge in [0.05, 0.1) is 0 Å². The molecule has 0 heterocycles. The first-order valence-corrected chi connectivity index (χ1v) is 8.01. The molecule has 0 spiro atoms. The zero-order valence-electron chi connectivity index (χ0n) is 13.3.